The summed E-state index contributed by atoms with van der Waals surface area (Å²) in [6.07, 6.45) is 1.64. The van der Waals surface area contributed by atoms with Crippen molar-refractivity contribution in [2.75, 3.05) is 32.9 Å². The molecule has 1 aromatic rings. The van der Waals surface area contributed by atoms with E-state index in [1.165, 1.54) is 0 Å². The highest BCUT2D eigenvalue weighted by atomic mass is 16.6. The van der Waals surface area contributed by atoms with Crippen LogP contribution in [0.1, 0.15) is 30.0 Å². The molecule has 1 N–H and O–H groups in total. The minimum Gasteiger partial charge on any atom is -0.480 e. The van der Waals surface area contributed by atoms with E-state index < -0.39 is 12.0 Å². The van der Waals surface area contributed by atoms with Crippen molar-refractivity contribution < 1.29 is 19.4 Å². The third-order valence-electron chi connectivity index (χ3n) is 4.79. The number of ether oxygens (including phenoxy) is 2. The third-order valence-corrected chi connectivity index (χ3v) is 4.79. The Morgan fingerprint density at radius 3 is 2.59 bits per heavy atom. The van der Waals surface area contributed by atoms with Gasteiger partial charge in [0.1, 0.15) is 6.04 Å². The van der Waals surface area contributed by atoms with Gasteiger partial charge in [-0.15, -0.1) is 0 Å². The Balaban J connectivity index is 1.75. The van der Waals surface area contributed by atoms with Gasteiger partial charge in [0, 0.05) is 13.1 Å². The number of carboxylic acid groups (broad SMARTS) is 1. The zero-order valence-corrected chi connectivity index (χ0v) is 13.0. The number of aryl methyl sites for hydroxylation is 1. The normalized spacial score (nSPS) is 23.3. The zero-order chi connectivity index (χ0) is 15.6. The summed E-state index contributed by atoms with van der Waals surface area (Å²) in [5, 5.41) is 9.71. The topological polar surface area (TPSA) is 59.0 Å². The molecule has 2 saturated heterocycles. The molecule has 2 aliphatic heterocycles. The lowest BCUT2D eigenvalue weighted by atomic mass is 9.89. The summed E-state index contributed by atoms with van der Waals surface area (Å²) in [5.41, 5.74) is 1.70. The van der Waals surface area contributed by atoms with E-state index in [1.54, 1.807) is 0 Å². The van der Waals surface area contributed by atoms with Crippen LogP contribution in [0.3, 0.4) is 0 Å². The molecule has 120 valence electrons. The van der Waals surface area contributed by atoms with E-state index in [0.717, 1.165) is 24.0 Å². The Labute approximate surface area is 130 Å². The standard InChI is InChI=1S/C17H23NO4/c1-13-4-2-3-5-14(13)15(16(19)20)18-8-6-17(7-9-18)12-21-10-11-22-17/h2-5,15H,6-12H2,1H3,(H,19,20). The molecule has 22 heavy (non-hydrogen) atoms. The van der Waals surface area contributed by atoms with E-state index >= 15 is 0 Å². The first-order valence-corrected chi connectivity index (χ1v) is 7.85. The van der Waals surface area contributed by atoms with Crippen molar-refractivity contribution in [3.05, 3.63) is 35.4 Å². The van der Waals surface area contributed by atoms with Gasteiger partial charge < -0.3 is 14.6 Å². The summed E-state index contributed by atoms with van der Waals surface area (Å²) >= 11 is 0. The van der Waals surface area contributed by atoms with Crippen molar-refractivity contribution in [3.63, 3.8) is 0 Å². The van der Waals surface area contributed by atoms with Crippen LogP contribution in [-0.4, -0.2) is 54.5 Å². The molecule has 1 spiro atoms. The molecule has 0 aliphatic carbocycles. The number of piperidine rings is 1. The largest absolute Gasteiger partial charge is 0.480 e. The second-order valence-electron chi connectivity index (χ2n) is 6.22. The third kappa shape index (κ3) is 3.02. The molecule has 2 heterocycles. The van der Waals surface area contributed by atoms with Crippen LogP contribution in [0.15, 0.2) is 24.3 Å². The molecule has 1 unspecified atom stereocenters. The van der Waals surface area contributed by atoms with Crippen molar-refractivity contribution in [1.29, 1.82) is 0 Å². The maximum Gasteiger partial charge on any atom is 0.325 e. The van der Waals surface area contributed by atoms with Crippen LogP contribution < -0.4 is 0 Å². The smallest absolute Gasteiger partial charge is 0.325 e. The summed E-state index contributed by atoms with van der Waals surface area (Å²) in [6, 6.07) is 7.15. The molecule has 0 aromatic heterocycles. The van der Waals surface area contributed by atoms with Gasteiger partial charge in [-0.3, -0.25) is 9.69 Å². The average molecular weight is 305 g/mol. The highest BCUT2D eigenvalue weighted by molar-refractivity contribution is 5.76. The Kier molecular flexibility index (Phi) is 4.47. The molecule has 0 radical (unpaired) electrons. The number of aliphatic carboxylic acids is 1. The van der Waals surface area contributed by atoms with Crippen LogP contribution in [0.25, 0.3) is 0 Å². The second kappa shape index (κ2) is 6.36. The van der Waals surface area contributed by atoms with Crippen molar-refractivity contribution >= 4 is 5.97 Å². The molecule has 3 rings (SSSR count). The van der Waals surface area contributed by atoms with Gasteiger partial charge >= 0.3 is 5.97 Å². The lowest BCUT2D eigenvalue weighted by molar-refractivity contribution is -0.181. The van der Waals surface area contributed by atoms with Gasteiger partial charge in [-0.25, -0.2) is 0 Å². The van der Waals surface area contributed by atoms with Crippen LogP contribution in [0.5, 0.6) is 0 Å². The minimum absolute atomic E-state index is 0.205. The van der Waals surface area contributed by atoms with E-state index in [2.05, 4.69) is 0 Å². The van der Waals surface area contributed by atoms with Gasteiger partial charge in [-0.1, -0.05) is 24.3 Å². The zero-order valence-electron chi connectivity index (χ0n) is 13.0. The Hall–Kier alpha value is -1.43. The fraction of sp³-hybridized carbons (Fsp3) is 0.588. The van der Waals surface area contributed by atoms with Gasteiger partial charge in [0.2, 0.25) is 0 Å². The van der Waals surface area contributed by atoms with Gasteiger partial charge in [-0.05, 0) is 30.9 Å². The maximum absolute atomic E-state index is 11.8. The van der Waals surface area contributed by atoms with E-state index in [-0.39, 0.29) is 5.60 Å². The summed E-state index contributed by atoms with van der Waals surface area (Å²) in [5.74, 6) is -0.786. The first-order chi connectivity index (χ1) is 10.6. The number of carboxylic acids is 1. The van der Waals surface area contributed by atoms with Crippen LogP contribution in [0, 0.1) is 6.92 Å². The first-order valence-electron chi connectivity index (χ1n) is 7.85. The lowest BCUT2D eigenvalue weighted by Gasteiger charge is -2.45. The summed E-state index contributed by atoms with van der Waals surface area (Å²) in [7, 11) is 0. The monoisotopic (exact) mass is 305 g/mol. The van der Waals surface area contributed by atoms with E-state index in [1.807, 2.05) is 36.1 Å². The molecular formula is C17H23NO4. The average Bonchev–Trinajstić information content (AvgIpc) is 2.52. The molecule has 0 amide bonds. The highest BCUT2D eigenvalue weighted by Crippen LogP contribution is 2.34. The number of likely N-dealkylation sites (tertiary alicyclic amines) is 1. The van der Waals surface area contributed by atoms with Gasteiger partial charge in [-0.2, -0.15) is 0 Å². The Morgan fingerprint density at radius 2 is 2.00 bits per heavy atom. The van der Waals surface area contributed by atoms with Crippen molar-refractivity contribution in [1.82, 2.24) is 4.90 Å². The molecule has 2 aliphatic rings. The number of benzene rings is 1. The van der Waals surface area contributed by atoms with Gasteiger partial charge in [0.25, 0.3) is 0 Å². The summed E-state index contributed by atoms with van der Waals surface area (Å²) < 4.78 is 11.5. The van der Waals surface area contributed by atoms with Crippen LogP contribution >= 0.6 is 0 Å². The van der Waals surface area contributed by atoms with Crippen LogP contribution in [0.2, 0.25) is 0 Å². The molecule has 5 nitrogen and oxygen atoms in total. The predicted molar refractivity (Wildman–Crippen MR) is 81.9 cm³/mol. The highest BCUT2D eigenvalue weighted by Gasteiger charge is 2.41. The number of rotatable bonds is 3. The Morgan fingerprint density at radius 1 is 1.27 bits per heavy atom. The number of hydrogen-bond acceptors (Lipinski definition) is 4. The molecule has 2 fully saturated rings. The molecule has 0 bridgehead atoms. The summed E-state index contributed by atoms with van der Waals surface area (Å²) in [6.45, 7) is 5.33. The molecular weight excluding hydrogens is 282 g/mol. The van der Waals surface area contributed by atoms with E-state index in [0.29, 0.717) is 32.9 Å². The Bertz CT molecular complexity index is 529. The number of nitrogens with zero attached hydrogens (tertiary/aromatic N) is 1. The summed E-state index contributed by atoms with van der Waals surface area (Å²) in [4.78, 5) is 13.9. The molecule has 1 aromatic carbocycles. The van der Waals surface area contributed by atoms with Crippen molar-refractivity contribution in [3.8, 4) is 0 Å². The van der Waals surface area contributed by atoms with Crippen molar-refractivity contribution in [2.24, 2.45) is 0 Å². The molecule has 5 heteroatoms. The van der Waals surface area contributed by atoms with E-state index in [9.17, 15) is 9.90 Å². The van der Waals surface area contributed by atoms with Crippen LogP contribution in [-0.2, 0) is 14.3 Å². The first kappa shape index (κ1) is 15.5. The SMILES string of the molecule is Cc1ccccc1C(C(=O)O)N1CCC2(CC1)COCCO2. The van der Waals surface area contributed by atoms with Gasteiger partial charge in [0.05, 0.1) is 25.4 Å². The lowest BCUT2D eigenvalue weighted by Crippen LogP contribution is -2.53. The number of carbonyl (C=O) groups is 1. The predicted octanol–water partition coefficient (Wildman–Crippen LogP) is 2.00. The van der Waals surface area contributed by atoms with E-state index in [4.69, 9.17) is 9.47 Å². The fourth-order valence-corrected chi connectivity index (χ4v) is 3.47. The molecule has 1 atom stereocenters. The van der Waals surface area contributed by atoms with Gasteiger partial charge in [0.15, 0.2) is 0 Å². The maximum atomic E-state index is 11.8. The van der Waals surface area contributed by atoms with Crippen molar-refractivity contribution in [2.45, 2.75) is 31.4 Å². The quantitative estimate of drug-likeness (QED) is 0.925. The molecule has 0 saturated carbocycles. The number of hydrogen-bond donors (Lipinski definition) is 1. The fourth-order valence-electron chi connectivity index (χ4n) is 3.47. The van der Waals surface area contributed by atoms with Crippen LogP contribution in [0.4, 0.5) is 0 Å². The minimum atomic E-state index is -0.786. The second-order valence-corrected chi connectivity index (χ2v) is 6.22.